The van der Waals surface area contributed by atoms with Crippen LogP contribution in [0.2, 0.25) is 0 Å². The highest BCUT2D eigenvalue weighted by atomic mass is 15.4. The Bertz CT molecular complexity index is 1450. The summed E-state index contributed by atoms with van der Waals surface area (Å²) in [5, 5.41) is 8.10. The number of nitrogens with zero attached hydrogens (tertiary/aromatic N) is 5. The normalized spacial score (nSPS) is 18.8. The van der Waals surface area contributed by atoms with Gasteiger partial charge in [-0.1, -0.05) is 36.4 Å². The van der Waals surface area contributed by atoms with E-state index in [4.69, 9.17) is 21.5 Å². The average Bonchev–Trinajstić information content (AvgIpc) is 3.20. The average molecular weight is 493 g/mol. The quantitative estimate of drug-likeness (QED) is 0.358. The lowest BCUT2D eigenvalue weighted by Crippen LogP contribution is -2.40. The maximum Gasteiger partial charge on any atom is 0.248 e. The second-order valence-corrected chi connectivity index (χ2v) is 10.5. The number of rotatable bonds is 4. The number of hydrogen-bond donors (Lipinski definition) is 3. The zero-order valence-electron chi connectivity index (χ0n) is 20.9. The van der Waals surface area contributed by atoms with Crippen LogP contribution in [-0.2, 0) is 12.8 Å². The Morgan fingerprint density at radius 3 is 2.46 bits per heavy atom. The van der Waals surface area contributed by atoms with Crippen molar-refractivity contribution in [1.82, 2.24) is 19.7 Å². The zero-order chi connectivity index (χ0) is 24.9. The topological polar surface area (TPSA) is 111 Å². The van der Waals surface area contributed by atoms with Crippen LogP contribution in [0.4, 0.5) is 23.3 Å². The van der Waals surface area contributed by atoms with E-state index in [9.17, 15) is 0 Å². The highest BCUT2D eigenvalue weighted by molar-refractivity contribution is 5.83. The van der Waals surface area contributed by atoms with Crippen LogP contribution in [-0.4, -0.2) is 38.9 Å². The smallest absolute Gasteiger partial charge is 0.248 e. The summed E-state index contributed by atoms with van der Waals surface area (Å²) in [6, 6.07) is 19.4. The van der Waals surface area contributed by atoms with Gasteiger partial charge >= 0.3 is 0 Å². The van der Waals surface area contributed by atoms with Crippen LogP contribution < -0.4 is 21.7 Å². The van der Waals surface area contributed by atoms with Gasteiger partial charge in [0.1, 0.15) is 0 Å². The molecule has 37 heavy (non-hydrogen) atoms. The molecule has 2 bridgehead atoms. The maximum atomic E-state index is 6.40. The molecule has 3 aliphatic heterocycles. The molecular formula is C29H32N8. The largest absolute Gasteiger partial charge is 0.370 e. The van der Waals surface area contributed by atoms with Gasteiger partial charge in [-0.15, -0.1) is 5.10 Å². The molecule has 8 rings (SSSR count). The molecular weight excluding hydrogens is 460 g/mol. The fourth-order valence-corrected chi connectivity index (χ4v) is 6.17. The number of aryl methyl sites for hydroxylation is 2. The molecule has 5 heterocycles. The van der Waals surface area contributed by atoms with Gasteiger partial charge in [0.15, 0.2) is 5.82 Å². The van der Waals surface area contributed by atoms with Crippen molar-refractivity contribution in [3.8, 4) is 16.9 Å². The molecule has 0 saturated carbocycles. The Morgan fingerprint density at radius 2 is 1.65 bits per heavy atom. The number of fused-ring (bicyclic) bond motifs is 3. The summed E-state index contributed by atoms with van der Waals surface area (Å²) >= 11 is 0. The Labute approximate surface area is 216 Å². The number of anilines is 4. The van der Waals surface area contributed by atoms with Gasteiger partial charge in [0.25, 0.3) is 0 Å². The summed E-state index contributed by atoms with van der Waals surface area (Å²) in [5.74, 6) is 1.96. The number of nitrogens with one attached hydrogen (secondary N) is 1. The highest BCUT2D eigenvalue weighted by Crippen LogP contribution is 2.46. The molecule has 8 nitrogen and oxygen atoms in total. The number of piperidine rings is 1. The van der Waals surface area contributed by atoms with Crippen molar-refractivity contribution in [2.24, 2.45) is 5.73 Å². The number of hydrogen-bond acceptors (Lipinski definition) is 7. The van der Waals surface area contributed by atoms with Gasteiger partial charge in [0.2, 0.25) is 11.9 Å². The Balaban J connectivity index is 1.25. The van der Waals surface area contributed by atoms with Gasteiger partial charge in [-0.2, -0.15) is 9.67 Å². The van der Waals surface area contributed by atoms with Crippen LogP contribution >= 0.6 is 0 Å². The van der Waals surface area contributed by atoms with Crippen LogP contribution in [0.1, 0.15) is 48.4 Å². The van der Waals surface area contributed by atoms with Crippen LogP contribution in [0, 0.1) is 0 Å². The molecule has 8 heteroatoms. The van der Waals surface area contributed by atoms with E-state index in [1.54, 1.807) is 4.68 Å². The molecule has 4 aliphatic rings. The minimum Gasteiger partial charge on any atom is -0.370 e. The van der Waals surface area contributed by atoms with Gasteiger partial charge in [-0.05, 0) is 73.4 Å². The molecule has 4 aromatic rings. The molecule has 188 valence electrons. The Hall–Kier alpha value is -3.91. The molecule has 2 aromatic carbocycles. The van der Waals surface area contributed by atoms with Gasteiger partial charge < -0.3 is 21.7 Å². The fraction of sp³-hybridized carbons (Fsp3) is 0.345. The molecule has 1 aliphatic carbocycles. The molecule has 1 unspecified atom stereocenters. The van der Waals surface area contributed by atoms with E-state index in [1.165, 1.54) is 27.9 Å². The predicted molar refractivity (Wildman–Crippen MR) is 148 cm³/mol. The number of nitrogen functional groups attached to an aromatic ring is 1. The van der Waals surface area contributed by atoms with Crippen molar-refractivity contribution >= 4 is 23.3 Å². The summed E-state index contributed by atoms with van der Waals surface area (Å²) in [6.07, 6.45) is 6.36. The third kappa shape index (κ3) is 4.01. The molecule has 2 aromatic heterocycles. The second kappa shape index (κ2) is 8.88. The lowest BCUT2D eigenvalue weighted by atomic mass is 9.84. The first-order valence-corrected chi connectivity index (χ1v) is 13.3. The second-order valence-electron chi connectivity index (χ2n) is 10.5. The van der Waals surface area contributed by atoms with Crippen LogP contribution in [0.15, 0.2) is 54.6 Å². The predicted octanol–water partition coefficient (Wildman–Crippen LogP) is 4.56. The summed E-state index contributed by atoms with van der Waals surface area (Å²) in [5.41, 5.74) is 21.1. The van der Waals surface area contributed by atoms with Crippen molar-refractivity contribution in [2.45, 2.75) is 50.5 Å². The Morgan fingerprint density at radius 1 is 0.865 bits per heavy atom. The number of benzene rings is 2. The zero-order valence-corrected chi connectivity index (χ0v) is 20.9. The summed E-state index contributed by atoms with van der Waals surface area (Å²) in [6.45, 7) is 2.18. The summed E-state index contributed by atoms with van der Waals surface area (Å²) < 4.78 is 1.66. The van der Waals surface area contributed by atoms with Crippen molar-refractivity contribution < 1.29 is 0 Å². The molecule has 5 N–H and O–H groups in total. The van der Waals surface area contributed by atoms with Crippen LogP contribution in [0.25, 0.3) is 16.9 Å². The van der Waals surface area contributed by atoms with E-state index in [0.717, 1.165) is 63.0 Å². The van der Waals surface area contributed by atoms with Crippen LogP contribution in [0.3, 0.4) is 0 Å². The molecule has 0 amide bonds. The first kappa shape index (κ1) is 22.3. The van der Waals surface area contributed by atoms with Gasteiger partial charge in [0.05, 0.1) is 11.4 Å². The van der Waals surface area contributed by atoms with E-state index in [0.29, 0.717) is 23.6 Å². The molecule has 1 atom stereocenters. The third-order valence-electron chi connectivity index (χ3n) is 8.17. The van der Waals surface area contributed by atoms with Crippen molar-refractivity contribution in [3.63, 3.8) is 0 Å². The number of pyridine rings is 1. The van der Waals surface area contributed by atoms with Gasteiger partial charge in [0, 0.05) is 36.3 Å². The van der Waals surface area contributed by atoms with Crippen LogP contribution in [0.5, 0.6) is 0 Å². The fourth-order valence-electron chi connectivity index (χ4n) is 6.17. The minimum absolute atomic E-state index is 0.276. The molecule has 0 spiro atoms. The maximum absolute atomic E-state index is 6.40. The van der Waals surface area contributed by atoms with Gasteiger partial charge in [-0.3, -0.25) is 0 Å². The van der Waals surface area contributed by atoms with E-state index in [2.05, 4.69) is 69.8 Å². The first-order valence-electron chi connectivity index (χ1n) is 13.3. The lowest BCUT2D eigenvalue weighted by molar-refractivity contribution is 0.463. The number of nitrogens with two attached hydrogens (primary N) is 2. The Kier molecular flexibility index (Phi) is 5.35. The standard InChI is InChI=1S/C29H32N8/c30-22-9-6-18-8-11-23(16-21(18)7-10-22)32-29-34-28(31)37(35-29)25-17-24(19-4-2-1-3-5-19)27-26(33-25)20-12-14-36(27)15-13-20/h1-5,8,11,16-17,20,22H,6-7,9-10,12-15,30H2,(H3,31,32,34,35). The summed E-state index contributed by atoms with van der Waals surface area (Å²) in [7, 11) is 0. The van der Waals surface area contributed by atoms with E-state index in [1.807, 2.05) is 0 Å². The van der Waals surface area contributed by atoms with E-state index < -0.39 is 0 Å². The molecule has 0 radical (unpaired) electrons. The van der Waals surface area contributed by atoms with E-state index >= 15 is 0 Å². The molecule has 1 fully saturated rings. The van der Waals surface area contributed by atoms with Gasteiger partial charge in [-0.25, -0.2) is 4.98 Å². The van der Waals surface area contributed by atoms with Crippen molar-refractivity contribution in [3.05, 3.63) is 71.4 Å². The lowest BCUT2D eigenvalue weighted by Gasteiger charge is -2.42. The number of aromatic nitrogens is 4. The SMILES string of the molecule is Nc1nc(Nc2ccc3c(c2)CCC(N)CC3)nn1-c1cc(-c2ccccc2)c2c(n1)C1CCN2CC1. The van der Waals surface area contributed by atoms with Crippen molar-refractivity contribution in [1.29, 1.82) is 0 Å². The summed E-state index contributed by atoms with van der Waals surface area (Å²) in [4.78, 5) is 12.1. The first-order chi connectivity index (χ1) is 18.1. The monoisotopic (exact) mass is 492 g/mol. The van der Waals surface area contributed by atoms with E-state index in [-0.39, 0.29) is 6.04 Å². The third-order valence-corrected chi connectivity index (χ3v) is 8.17. The highest BCUT2D eigenvalue weighted by Gasteiger charge is 2.35. The van der Waals surface area contributed by atoms with Crippen molar-refractivity contribution in [2.75, 3.05) is 29.0 Å². The minimum atomic E-state index is 0.276. The molecule has 1 saturated heterocycles.